The zero-order valence-corrected chi connectivity index (χ0v) is 7.55. The van der Waals surface area contributed by atoms with E-state index >= 15 is 0 Å². The number of carboxylic acid groups (broad SMARTS) is 1. The molecule has 0 spiro atoms. The second-order valence-electron chi connectivity index (χ2n) is 3.51. The van der Waals surface area contributed by atoms with Gasteiger partial charge in [-0.05, 0) is 19.3 Å². The monoisotopic (exact) mass is 171 g/mol. The van der Waals surface area contributed by atoms with Gasteiger partial charge in [0.25, 0.3) is 0 Å². The van der Waals surface area contributed by atoms with E-state index in [1.807, 2.05) is 6.92 Å². The molecule has 0 aromatic rings. The summed E-state index contributed by atoms with van der Waals surface area (Å²) in [6.45, 7) is 2.67. The minimum absolute atomic E-state index is 0.185. The first-order chi connectivity index (χ1) is 5.74. The van der Waals surface area contributed by atoms with Crippen molar-refractivity contribution in [3.8, 4) is 0 Å². The van der Waals surface area contributed by atoms with Crippen LogP contribution in [0, 0.1) is 5.92 Å². The van der Waals surface area contributed by atoms with Crippen LogP contribution in [0.1, 0.15) is 32.6 Å². The third-order valence-corrected chi connectivity index (χ3v) is 2.22. The molecule has 1 atom stereocenters. The van der Waals surface area contributed by atoms with Gasteiger partial charge in [-0.2, -0.15) is 0 Å². The molecule has 1 rings (SSSR count). The van der Waals surface area contributed by atoms with Crippen LogP contribution in [0.5, 0.6) is 0 Å². The molecule has 0 heterocycles. The zero-order valence-electron chi connectivity index (χ0n) is 7.55. The van der Waals surface area contributed by atoms with E-state index in [1.165, 1.54) is 12.8 Å². The first-order valence-corrected chi connectivity index (χ1v) is 4.70. The Hall–Kier alpha value is -0.570. The van der Waals surface area contributed by atoms with Crippen molar-refractivity contribution in [3.63, 3.8) is 0 Å². The molecule has 3 nitrogen and oxygen atoms in total. The number of nitrogens with one attached hydrogen (secondary N) is 1. The lowest BCUT2D eigenvalue weighted by molar-refractivity contribution is -0.141. The highest BCUT2D eigenvalue weighted by atomic mass is 16.4. The number of rotatable bonds is 6. The molecule has 0 saturated heterocycles. The van der Waals surface area contributed by atoms with Crippen LogP contribution in [-0.4, -0.2) is 23.7 Å². The third kappa shape index (κ3) is 3.22. The SMILES string of the molecule is CCCC(CNC1CC1)C(=O)O. The standard InChI is InChI=1S/C9H17NO2/c1-2-3-7(9(11)12)6-10-8-4-5-8/h7-8,10H,2-6H2,1H3,(H,11,12). The molecule has 1 aliphatic carbocycles. The number of aliphatic carboxylic acids is 1. The lowest BCUT2D eigenvalue weighted by Crippen LogP contribution is -2.29. The van der Waals surface area contributed by atoms with Crippen molar-refractivity contribution in [1.82, 2.24) is 5.32 Å². The lowest BCUT2D eigenvalue weighted by atomic mass is 10.0. The maximum atomic E-state index is 10.7. The first kappa shape index (κ1) is 9.52. The predicted octanol–water partition coefficient (Wildman–Crippen LogP) is 1.24. The quantitative estimate of drug-likeness (QED) is 0.632. The molecule has 0 aliphatic heterocycles. The van der Waals surface area contributed by atoms with E-state index in [1.54, 1.807) is 0 Å². The molecule has 12 heavy (non-hydrogen) atoms. The Morgan fingerprint density at radius 2 is 2.33 bits per heavy atom. The molecular formula is C9H17NO2. The van der Waals surface area contributed by atoms with Crippen LogP contribution in [0.2, 0.25) is 0 Å². The minimum Gasteiger partial charge on any atom is -0.481 e. The van der Waals surface area contributed by atoms with Gasteiger partial charge in [-0.15, -0.1) is 0 Å². The molecule has 0 aromatic heterocycles. The number of hydrogen-bond acceptors (Lipinski definition) is 2. The molecular weight excluding hydrogens is 154 g/mol. The van der Waals surface area contributed by atoms with Gasteiger partial charge in [0.05, 0.1) is 5.92 Å². The first-order valence-electron chi connectivity index (χ1n) is 4.70. The molecule has 0 radical (unpaired) electrons. The highest BCUT2D eigenvalue weighted by molar-refractivity contribution is 5.70. The van der Waals surface area contributed by atoms with Gasteiger partial charge in [0.15, 0.2) is 0 Å². The maximum Gasteiger partial charge on any atom is 0.307 e. The minimum atomic E-state index is -0.662. The van der Waals surface area contributed by atoms with Gasteiger partial charge in [-0.1, -0.05) is 13.3 Å². The molecule has 3 heteroatoms. The second kappa shape index (κ2) is 4.45. The fraction of sp³-hybridized carbons (Fsp3) is 0.889. The predicted molar refractivity (Wildman–Crippen MR) is 47.1 cm³/mol. The van der Waals surface area contributed by atoms with Crippen molar-refractivity contribution in [2.45, 2.75) is 38.6 Å². The van der Waals surface area contributed by atoms with Gasteiger partial charge in [-0.25, -0.2) is 0 Å². The van der Waals surface area contributed by atoms with E-state index in [0.717, 1.165) is 12.8 Å². The van der Waals surface area contributed by atoms with Crippen molar-refractivity contribution in [1.29, 1.82) is 0 Å². The fourth-order valence-electron chi connectivity index (χ4n) is 1.26. The van der Waals surface area contributed by atoms with Gasteiger partial charge >= 0.3 is 5.97 Å². The smallest absolute Gasteiger partial charge is 0.307 e. The molecule has 0 bridgehead atoms. The number of carbonyl (C=O) groups is 1. The van der Waals surface area contributed by atoms with Crippen molar-refractivity contribution >= 4 is 5.97 Å². The third-order valence-electron chi connectivity index (χ3n) is 2.22. The summed E-state index contributed by atoms with van der Waals surface area (Å²) in [7, 11) is 0. The molecule has 0 amide bonds. The molecule has 2 N–H and O–H groups in total. The van der Waals surface area contributed by atoms with E-state index in [4.69, 9.17) is 5.11 Å². The van der Waals surface area contributed by atoms with E-state index in [9.17, 15) is 4.79 Å². The van der Waals surface area contributed by atoms with Gasteiger partial charge in [0.2, 0.25) is 0 Å². The van der Waals surface area contributed by atoms with Gasteiger partial charge in [0.1, 0.15) is 0 Å². The number of carboxylic acids is 1. The summed E-state index contributed by atoms with van der Waals surface area (Å²) in [5.41, 5.74) is 0. The van der Waals surface area contributed by atoms with Gasteiger partial charge in [-0.3, -0.25) is 4.79 Å². The number of hydrogen-bond donors (Lipinski definition) is 2. The fourth-order valence-corrected chi connectivity index (χ4v) is 1.26. The Morgan fingerprint density at radius 3 is 2.75 bits per heavy atom. The summed E-state index contributed by atoms with van der Waals surface area (Å²) < 4.78 is 0. The molecule has 1 aliphatic rings. The Morgan fingerprint density at radius 1 is 1.67 bits per heavy atom. The topological polar surface area (TPSA) is 49.3 Å². The lowest BCUT2D eigenvalue weighted by Gasteiger charge is -2.11. The van der Waals surface area contributed by atoms with Gasteiger partial charge < -0.3 is 10.4 Å². The highest BCUT2D eigenvalue weighted by Gasteiger charge is 2.23. The van der Waals surface area contributed by atoms with E-state index < -0.39 is 5.97 Å². The molecule has 70 valence electrons. The zero-order chi connectivity index (χ0) is 8.97. The van der Waals surface area contributed by atoms with E-state index in [-0.39, 0.29) is 5.92 Å². The summed E-state index contributed by atoms with van der Waals surface area (Å²) in [5.74, 6) is -0.847. The van der Waals surface area contributed by atoms with E-state index in [2.05, 4.69) is 5.32 Å². The molecule has 1 fully saturated rings. The Labute approximate surface area is 73.2 Å². The average Bonchev–Trinajstić information content (AvgIpc) is 2.80. The Bertz CT molecular complexity index is 155. The Kier molecular flexibility index (Phi) is 3.53. The summed E-state index contributed by atoms with van der Waals surface area (Å²) in [6, 6.07) is 0.615. The van der Waals surface area contributed by atoms with Crippen molar-refractivity contribution in [2.75, 3.05) is 6.54 Å². The molecule has 1 unspecified atom stereocenters. The average molecular weight is 171 g/mol. The summed E-state index contributed by atoms with van der Waals surface area (Å²) >= 11 is 0. The highest BCUT2D eigenvalue weighted by Crippen LogP contribution is 2.19. The van der Waals surface area contributed by atoms with Crippen LogP contribution in [0.25, 0.3) is 0 Å². The largest absolute Gasteiger partial charge is 0.481 e. The van der Waals surface area contributed by atoms with Crippen molar-refractivity contribution in [2.24, 2.45) is 5.92 Å². The van der Waals surface area contributed by atoms with Crippen LogP contribution in [0.3, 0.4) is 0 Å². The maximum absolute atomic E-state index is 10.7. The van der Waals surface area contributed by atoms with Crippen LogP contribution >= 0.6 is 0 Å². The van der Waals surface area contributed by atoms with Gasteiger partial charge in [0, 0.05) is 12.6 Å². The molecule has 1 saturated carbocycles. The molecule has 0 aromatic carbocycles. The van der Waals surface area contributed by atoms with Crippen LogP contribution in [0.15, 0.2) is 0 Å². The second-order valence-corrected chi connectivity index (χ2v) is 3.51. The normalized spacial score (nSPS) is 19.1. The summed E-state index contributed by atoms with van der Waals surface area (Å²) in [4.78, 5) is 10.7. The summed E-state index contributed by atoms with van der Waals surface area (Å²) in [6.07, 6.45) is 4.18. The van der Waals surface area contributed by atoms with Crippen LogP contribution in [0.4, 0.5) is 0 Å². The van der Waals surface area contributed by atoms with E-state index in [0.29, 0.717) is 12.6 Å². The van der Waals surface area contributed by atoms with Crippen LogP contribution < -0.4 is 5.32 Å². The summed E-state index contributed by atoms with van der Waals surface area (Å²) in [5, 5.41) is 12.0. The van der Waals surface area contributed by atoms with Crippen molar-refractivity contribution in [3.05, 3.63) is 0 Å². The van der Waals surface area contributed by atoms with Crippen LogP contribution in [-0.2, 0) is 4.79 Å². The van der Waals surface area contributed by atoms with Crippen molar-refractivity contribution < 1.29 is 9.90 Å². The Balaban J connectivity index is 2.16.